The molecule has 1 aromatic rings. The zero-order valence-electron chi connectivity index (χ0n) is 15.0. The highest BCUT2D eigenvalue weighted by atomic mass is 16.5. The third kappa shape index (κ3) is 4.14. The molecule has 2 fully saturated rings. The third-order valence-electron chi connectivity index (χ3n) is 5.59. The molecule has 1 spiro atoms. The summed E-state index contributed by atoms with van der Waals surface area (Å²) in [5.74, 6) is 0. The van der Waals surface area contributed by atoms with Crippen LogP contribution in [0, 0.1) is 13.8 Å². The summed E-state index contributed by atoms with van der Waals surface area (Å²) in [6.07, 6.45) is 5.87. The van der Waals surface area contributed by atoms with E-state index in [0.29, 0.717) is 6.04 Å². The fourth-order valence-corrected chi connectivity index (χ4v) is 4.16. The second-order valence-corrected chi connectivity index (χ2v) is 7.41. The van der Waals surface area contributed by atoms with Crippen molar-refractivity contribution in [3.63, 3.8) is 0 Å². The van der Waals surface area contributed by atoms with Crippen molar-refractivity contribution in [3.05, 3.63) is 17.5 Å². The van der Waals surface area contributed by atoms with Crippen LogP contribution in [0.4, 0.5) is 0 Å². The molecule has 1 aromatic heterocycles. The molecule has 2 aliphatic rings. The van der Waals surface area contributed by atoms with E-state index >= 15 is 0 Å². The largest absolute Gasteiger partial charge is 0.375 e. The third-order valence-corrected chi connectivity index (χ3v) is 5.59. The standard InChI is InChI=1S/C18H32N4O/c1-15-13-16(2)22(20-15)11-4-10-21(3)17-5-12-23-18(14-17)6-8-19-9-7-18/h13,17,19H,4-12,14H2,1-3H3. The van der Waals surface area contributed by atoms with Gasteiger partial charge in [-0.15, -0.1) is 0 Å². The summed E-state index contributed by atoms with van der Waals surface area (Å²) in [5.41, 5.74) is 2.54. The van der Waals surface area contributed by atoms with E-state index in [0.717, 1.165) is 44.9 Å². The first-order chi connectivity index (χ1) is 11.1. The average Bonchev–Trinajstić information content (AvgIpc) is 2.86. The van der Waals surface area contributed by atoms with E-state index < -0.39 is 0 Å². The molecule has 5 nitrogen and oxygen atoms in total. The summed E-state index contributed by atoms with van der Waals surface area (Å²) in [5, 5.41) is 8.02. The van der Waals surface area contributed by atoms with Crippen LogP contribution >= 0.6 is 0 Å². The van der Waals surface area contributed by atoms with Crippen LogP contribution in [0.3, 0.4) is 0 Å². The minimum atomic E-state index is 0.151. The van der Waals surface area contributed by atoms with Crippen molar-refractivity contribution in [2.45, 2.75) is 64.1 Å². The maximum Gasteiger partial charge on any atom is 0.0721 e. The monoisotopic (exact) mass is 320 g/mol. The van der Waals surface area contributed by atoms with Crippen LogP contribution in [0.15, 0.2) is 6.07 Å². The van der Waals surface area contributed by atoms with Crippen molar-refractivity contribution >= 4 is 0 Å². The molecule has 2 saturated heterocycles. The van der Waals surface area contributed by atoms with Gasteiger partial charge in [0.05, 0.1) is 11.3 Å². The Balaban J connectivity index is 1.47. The van der Waals surface area contributed by atoms with Gasteiger partial charge in [0.25, 0.3) is 0 Å². The number of nitrogens with zero attached hydrogens (tertiary/aromatic N) is 3. The van der Waals surface area contributed by atoms with Gasteiger partial charge in [-0.05, 0) is 78.7 Å². The van der Waals surface area contributed by atoms with Gasteiger partial charge in [-0.25, -0.2) is 0 Å². The number of ether oxygens (including phenoxy) is 1. The fraction of sp³-hybridized carbons (Fsp3) is 0.833. The minimum absolute atomic E-state index is 0.151. The average molecular weight is 320 g/mol. The fourth-order valence-electron chi connectivity index (χ4n) is 4.16. The van der Waals surface area contributed by atoms with Gasteiger partial charge < -0.3 is 15.0 Å². The van der Waals surface area contributed by atoms with E-state index in [2.05, 4.69) is 47.0 Å². The molecule has 1 atom stereocenters. The van der Waals surface area contributed by atoms with Gasteiger partial charge in [0.1, 0.15) is 0 Å². The highest BCUT2D eigenvalue weighted by Gasteiger charge is 2.39. The molecule has 2 aliphatic heterocycles. The quantitative estimate of drug-likeness (QED) is 0.902. The molecule has 1 unspecified atom stereocenters. The van der Waals surface area contributed by atoms with Crippen LogP contribution in [-0.2, 0) is 11.3 Å². The molecule has 23 heavy (non-hydrogen) atoms. The van der Waals surface area contributed by atoms with E-state index in [1.165, 1.54) is 31.4 Å². The zero-order chi connectivity index (χ0) is 16.3. The summed E-state index contributed by atoms with van der Waals surface area (Å²) < 4.78 is 8.34. The van der Waals surface area contributed by atoms with Gasteiger partial charge in [0, 0.05) is 24.9 Å². The Hall–Kier alpha value is -0.910. The number of hydrogen-bond acceptors (Lipinski definition) is 4. The Morgan fingerprint density at radius 2 is 2.17 bits per heavy atom. The summed E-state index contributed by atoms with van der Waals surface area (Å²) >= 11 is 0. The van der Waals surface area contributed by atoms with Crippen LogP contribution in [0.2, 0.25) is 0 Å². The smallest absolute Gasteiger partial charge is 0.0721 e. The van der Waals surface area contributed by atoms with Crippen molar-refractivity contribution in [1.29, 1.82) is 0 Å². The number of nitrogens with one attached hydrogen (secondary N) is 1. The van der Waals surface area contributed by atoms with E-state index in [9.17, 15) is 0 Å². The maximum atomic E-state index is 6.20. The van der Waals surface area contributed by atoms with Gasteiger partial charge in [0.15, 0.2) is 0 Å². The predicted molar refractivity (Wildman–Crippen MR) is 92.8 cm³/mol. The normalized spacial score (nSPS) is 24.4. The number of piperidine rings is 1. The highest BCUT2D eigenvalue weighted by Crippen LogP contribution is 2.34. The molecule has 0 amide bonds. The zero-order valence-corrected chi connectivity index (χ0v) is 15.0. The van der Waals surface area contributed by atoms with Crippen LogP contribution in [0.25, 0.3) is 0 Å². The van der Waals surface area contributed by atoms with Gasteiger partial charge in [0.2, 0.25) is 0 Å². The van der Waals surface area contributed by atoms with Crippen LogP contribution in [0.1, 0.15) is 43.5 Å². The van der Waals surface area contributed by atoms with E-state index in [1.807, 2.05) is 0 Å². The second kappa shape index (κ2) is 7.32. The maximum absolute atomic E-state index is 6.20. The summed E-state index contributed by atoms with van der Waals surface area (Å²) in [6, 6.07) is 2.82. The van der Waals surface area contributed by atoms with Crippen LogP contribution in [-0.4, -0.2) is 59.6 Å². The van der Waals surface area contributed by atoms with Crippen LogP contribution in [0.5, 0.6) is 0 Å². The Labute approximate surface area is 140 Å². The Bertz CT molecular complexity index is 502. The Morgan fingerprint density at radius 1 is 1.39 bits per heavy atom. The van der Waals surface area contributed by atoms with Gasteiger partial charge in [-0.1, -0.05) is 0 Å². The lowest BCUT2D eigenvalue weighted by Crippen LogP contribution is -2.52. The molecule has 5 heteroatoms. The lowest BCUT2D eigenvalue weighted by molar-refractivity contribution is -0.118. The van der Waals surface area contributed by atoms with E-state index in [4.69, 9.17) is 4.74 Å². The summed E-state index contributed by atoms with van der Waals surface area (Å²) in [7, 11) is 2.28. The molecular weight excluding hydrogens is 288 g/mol. The number of aryl methyl sites for hydroxylation is 3. The number of hydrogen-bond donors (Lipinski definition) is 1. The van der Waals surface area contributed by atoms with Crippen molar-refractivity contribution in [1.82, 2.24) is 20.0 Å². The molecule has 3 rings (SSSR count). The second-order valence-electron chi connectivity index (χ2n) is 7.41. The molecule has 130 valence electrons. The van der Waals surface area contributed by atoms with Crippen molar-refractivity contribution in [2.75, 3.05) is 33.3 Å². The minimum Gasteiger partial charge on any atom is -0.375 e. The first-order valence-corrected chi connectivity index (χ1v) is 9.14. The van der Waals surface area contributed by atoms with Crippen molar-refractivity contribution in [3.8, 4) is 0 Å². The first kappa shape index (κ1) is 16.9. The molecule has 0 aliphatic carbocycles. The van der Waals surface area contributed by atoms with Gasteiger partial charge >= 0.3 is 0 Å². The molecule has 1 N–H and O–H groups in total. The lowest BCUT2D eigenvalue weighted by Gasteiger charge is -2.46. The number of aromatic nitrogens is 2. The predicted octanol–water partition coefficient (Wildman–Crippen LogP) is 2.12. The summed E-state index contributed by atoms with van der Waals surface area (Å²) in [4.78, 5) is 2.55. The first-order valence-electron chi connectivity index (χ1n) is 9.14. The Morgan fingerprint density at radius 3 is 2.87 bits per heavy atom. The Kier molecular flexibility index (Phi) is 5.39. The van der Waals surface area contributed by atoms with Gasteiger partial charge in [-0.3, -0.25) is 4.68 Å². The molecule has 3 heterocycles. The molecule has 0 radical (unpaired) electrons. The molecule has 0 bridgehead atoms. The topological polar surface area (TPSA) is 42.3 Å². The lowest BCUT2D eigenvalue weighted by atomic mass is 9.82. The van der Waals surface area contributed by atoms with Crippen molar-refractivity contribution < 1.29 is 4.74 Å². The van der Waals surface area contributed by atoms with E-state index in [-0.39, 0.29) is 5.60 Å². The summed E-state index contributed by atoms with van der Waals surface area (Å²) in [6.45, 7) is 9.49. The number of rotatable bonds is 5. The molecule has 0 saturated carbocycles. The van der Waals surface area contributed by atoms with Crippen molar-refractivity contribution in [2.24, 2.45) is 0 Å². The SMILES string of the molecule is Cc1cc(C)n(CCCN(C)C2CCOC3(CCNCC3)C2)n1. The van der Waals surface area contributed by atoms with E-state index in [1.54, 1.807) is 0 Å². The highest BCUT2D eigenvalue weighted by molar-refractivity contribution is 5.06. The van der Waals surface area contributed by atoms with Gasteiger partial charge in [-0.2, -0.15) is 5.10 Å². The van der Waals surface area contributed by atoms with Crippen LogP contribution < -0.4 is 5.32 Å². The molecule has 0 aromatic carbocycles. The molecular formula is C18H32N4O.